The van der Waals surface area contributed by atoms with E-state index < -0.39 is 0 Å². The molecule has 4 heteroatoms. The van der Waals surface area contributed by atoms with Gasteiger partial charge in [0.15, 0.2) is 0 Å². The smallest absolute Gasteiger partial charge is 0.146 e. The number of benzene rings is 2. The molecule has 2 aromatic carbocycles. The molecule has 0 unspecified atom stereocenters. The van der Waals surface area contributed by atoms with Crippen LogP contribution in [-0.2, 0) is 0 Å². The van der Waals surface area contributed by atoms with Crippen molar-refractivity contribution in [3.8, 4) is 17.2 Å². The summed E-state index contributed by atoms with van der Waals surface area (Å²) in [6.07, 6.45) is 0.0510. The Morgan fingerprint density at radius 1 is 1.05 bits per heavy atom. The molecular weight excluding hydrogens is 274 g/mol. The molecule has 0 spiro atoms. The summed E-state index contributed by atoms with van der Waals surface area (Å²) in [5.74, 6) is 1.87. The predicted octanol–water partition coefficient (Wildman–Crippen LogP) is 4.81. The van der Waals surface area contributed by atoms with Crippen molar-refractivity contribution >= 4 is 17.3 Å². The Kier molecular flexibility index (Phi) is 4.40. The van der Waals surface area contributed by atoms with Crippen LogP contribution in [0.25, 0.3) is 0 Å². The third-order valence-electron chi connectivity index (χ3n) is 2.66. The number of nitrogens with two attached hydrogens (primary N) is 1. The Bertz CT molecular complexity index is 611. The lowest BCUT2D eigenvalue weighted by molar-refractivity contribution is 0.243. The second-order valence-electron chi connectivity index (χ2n) is 4.90. The van der Waals surface area contributed by atoms with E-state index in [9.17, 15) is 0 Å². The van der Waals surface area contributed by atoms with Crippen molar-refractivity contribution in [3.05, 3.63) is 47.0 Å². The summed E-state index contributed by atoms with van der Waals surface area (Å²) in [5, 5.41) is 0.568. The number of hydrogen-bond donors (Lipinski definition) is 1. The molecule has 2 rings (SSSR count). The minimum absolute atomic E-state index is 0.0510. The molecule has 20 heavy (non-hydrogen) atoms. The van der Waals surface area contributed by atoms with Gasteiger partial charge in [-0.3, -0.25) is 0 Å². The van der Waals surface area contributed by atoms with Gasteiger partial charge in [0.05, 0.1) is 16.8 Å². The van der Waals surface area contributed by atoms with Crippen LogP contribution in [0.5, 0.6) is 17.2 Å². The molecule has 3 nitrogen and oxygen atoms in total. The monoisotopic (exact) mass is 291 g/mol. The van der Waals surface area contributed by atoms with E-state index in [1.165, 1.54) is 0 Å². The Hall–Kier alpha value is -1.87. The van der Waals surface area contributed by atoms with Gasteiger partial charge < -0.3 is 15.2 Å². The first kappa shape index (κ1) is 14.5. The number of nitrogen functional groups attached to an aromatic ring is 1. The molecule has 0 fully saturated rings. The van der Waals surface area contributed by atoms with E-state index in [0.29, 0.717) is 28.0 Å². The fourth-order valence-corrected chi connectivity index (χ4v) is 1.91. The van der Waals surface area contributed by atoms with E-state index in [1.54, 1.807) is 18.2 Å². The van der Waals surface area contributed by atoms with Crippen LogP contribution in [0.1, 0.15) is 19.4 Å². The first-order valence-corrected chi connectivity index (χ1v) is 6.83. The molecule has 0 bridgehead atoms. The third kappa shape index (κ3) is 3.58. The Morgan fingerprint density at radius 2 is 1.80 bits per heavy atom. The first-order valence-electron chi connectivity index (χ1n) is 6.46. The van der Waals surface area contributed by atoms with Crippen molar-refractivity contribution in [1.29, 1.82) is 0 Å². The molecule has 0 saturated heterocycles. The van der Waals surface area contributed by atoms with E-state index in [2.05, 4.69) is 0 Å². The van der Waals surface area contributed by atoms with E-state index in [0.717, 1.165) is 5.56 Å². The SMILES string of the molecule is Cc1ccc(Cl)c(Oc2ccc(N)c(OC(C)C)c2)c1. The fraction of sp³-hybridized carbons (Fsp3) is 0.250. The van der Waals surface area contributed by atoms with Gasteiger partial charge in [0.25, 0.3) is 0 Å². The highest BCUT2D eigenvalue weighted by Crippen LogP contribution is 2.34. The number of rotatable bonds is 4. The largest absolute Gasteiger partial charge is 0.489 e. The zero-order valence-electron chi connectivity index (χ0n) is 11.8. The Labute approximate surface area is 124 Å². The van der Waals surface area contributed by atoms with Crippen molar-refractivity contribution in [2.45, 2.75) is 26.9 Å². The summed E-state index contributed by atoms with van der Waals surface area (Å²) >= 11 is 6.12. The second-order valence-corrected chi connectivity index (χ2v) is 5.31. The van der Waals surface area contributed by atoms with Gasteiger partial charge in [0.1, 0.15) is 17.2 Å². The molecule has 0 amide bonds. The topological polar surface area (TPSA) is 44.5 Å². The lowest BCUT2D eigenvalue weighted by atomic mass is 10.2. The maximum atomic E-state index is 6.12. The summed E-state index contributed by atoms with van der Waals surface area (Å²) in [6, 6.07) is 11.0. The zero-order chi connectivity index (χ0) is 14.7. The van der Waals surface area contributed by atoms with Crippen molar-refractivity contribution in [2.75, 3.05) is 5.73 Å². The van der Waals surface area contributed by atoms with Gasteiger partial charge in [0, 0.05) is 6.07 Å². The first-order chi connectivity index (χ1) is 9.45. The zero-order valence-corrected chi connectivity index (χ0v) is 12.6. The van der Waals surface area contributed by atoms with Gasteiger partial charge in [-0.2, -0.15) is 0 Å². The standard InChI is InChI=1S/C16H18ClNO2/c1-10(2)19-16-9-12(5-7-14(16)18)20-15-8-11(3)4-6-13(15)17/h4-10H,18H2,1-3H3. The molecule has 2 N–H and O–H groups in total. The van der Waals surface area contributed by atoms with Crippen LogP contribution in [0.2, 0.25) is 5.02 Å². The normalized spacial score (nSPS) is 10.7. The minimum Gasteiger partial charge on any atom is -0.489 e. The maximum Gasteiger partial charge on any atom is 0.146 e. The van der Waals surface area contributed by atoms with Gasteiger partial charge in [0.2, 0.25) is 0 Å². The van der Waals surface area contributed by atoms with Gasteiger partial charge in [-0.25, -0.2) is 0 Å². The number of hydrogen-bond acceptors (Lipinski definition) is 3. The summed E-state index contributed by atoms with van der Waals surface area (Å²) in [6.45, 7) is 5.88. The molecule has 0 heterocycles. The average molecular weight is 292 g/mol. The van der Waals surface area contributed by atoms with E-state index in [-0.39, 0.29) is 6.10 Å². The Morgan fingerprint density at radius 3 is 2.50 bits per heavy atom. The van der Waals surface area contributed by atoms with Crippen LogP contribution < -0.4 is 15.2 Å². The molecule has 0 saturated carbocycles. The molecule has 2 aromatic rings. The van der Waals surface area contributed by atoms with Crippen molar-refractivity contribution in [3.63, 3.8) is 0 Å². The summed E-state index contributed by atoms with van der Waals surface area (Å²) in [5.41, 5.74) is 7.55. The molecule has 0 aliphatic carbocycles. The second kappa shape index (κ2) is 6.06. The predicted molar refractivity (Wildman–Crippen MR) is 82.9 cm³/mol. The summed E-state index contributed by atoms with van der Waals surface area (Å²) in [7, 11) is 0. The van der Waals surface area contributed by atoms with Crippen molar-refractivity contribution < 1.29 is 9.47 Å². The lowest BCUT2D eigenvalue weighted by Crippen LogP contribution is -2.07. The average Bonchev–Trinajstić information content (AvgIpc) is 2.37. The molecule has 106 valence electrons. The molecule has 0 aliphatic rings. The highest BCUT2D eigenvalue weighted by Gasteiger charge is 2.08. The summed E-state index contributed by atoms with van der Waals surface area (Å²) < 4.78 is 11.4. The lowest BCUT2D eigenvalue weighted by Gasteiger charge is -2.14. The highest BCUT2D eigenvalue weighted by atomic mass is 35.5. The minimum atomic E-state index is 0.0510. The molecule has 0 radical (unpaired) electrons. The molecule has 0 aliphatic heterocycles. The highest BCUT2D eigenvalue weighted by molar-refractivity contribution is 6.32. The third-order valence-corrected chi connectivity index (χ3v) is 2.97. The number of aryl methyl sites for hydroxylation is 1. The van der Waals surface area contributed by atoms with Crippen LogP contribution >= 0.6 is 11.6 Å². The van der Waals surface area contributed by atoms with Crippen LogP contribution in [0.3, 0.4) is 0 Å². The number of halogens is 1. The quantitative estimate of drug-likeness (QED) is 0.822. The van der Waals surface area contributed by atoms with Crippen LogP contribution in [0, 0.1) is 6.92 Å². The van der Waals surface area contributed by atoms with E-state index in [1.807, 2.05) is 39.0 Å². The van der Waals surface area contributed by atoms with Crippen molar-refractivity contribution in [2.24, 2.45) is 0 Å². The van der Waals surface area contributed by atoms with Gasteiger partial charge >= 0.3 is 0 Å². The van der Waals surface area contributed by atoms with Crippen LogP contribution in [-0.4, -0.2) is 6.10 Å². The number of ether oxygens (including phenoxy) is 2. The molecule has 0 atom stereocenters. The Balaban J connectivity index is 2.27. The van der Waals surface area contributed by atoms with Crippen LogP contribution in [0.4, 0.5) is 5.69 Å². The number of anilines is 1. The van der Waals surface area contributed by atoms with Crippen LogP contribution in [0.15, 0.2) is 36.4 Å². The summed E-state index contributed by atoms with van der Waals surface area (Å²) in [4.78, 5) is 0. The van der Waals surface area contributed by atoms with Gasteiger partial charge in [-0.05, 0) is 50.6 Å². The molecular formula is C16H18ClNO2. The van der Waals surface area contributed by atoms with Crippen molar-refractivity contribution in [1.82, 2.24) is 0 Å². The van der Waals surface area contributed by atoms with E-state index >= 15 is 0 Å². The van der Waals surface area contributed by atoms with E-state index in [4.69, 9.17) is 26.8 Å². The van der Waals surface area contributed by atoms with Gasteiger partial charge in [-0.1, -0.05) is 17.7 Å². The molecule has 0 aromatic heterocycles. The fourth-order valence-electron chi connectivity index (χ4n) is 1.75. The maximum absolute atomic E-state index is 6.12. The van der Waals surface area contributed by atoms with Gasteiger partial charge in [-0.15, -0.1) is 0 Å².